The molecule has 0 spiro atoms. The molecule has 1 heterocycles. The predicted octanol–water partition coefficient (Wildman–Crippen LogP) is 4.97. The van der Waals surface area contributed by atoms with Gasteiger partial charge in [0.25, 0.3) is 0 Å². The molecule has 3 aromatic rings. The maximum atomic E-state index is 11.8. The van der Waals surface area contributed by atoms with Gasteiger partial charge in [0, 0.05) is 24.7 Å². The number of aromatic nitrogens is 1. The third-order valence-corrected chi connectivity index (χ3v) is 7.60. The van der Waals surface area contributed by atoms with Gasteiger partial charge in [-0.2, -0.15) is 0 Å². The fraction of sp³-hybridized carbons (Fsp3) is 0.462. The molecule has 1 fully saturated rings. The molecular formula is C26H32N2O6S. The van der Waals surface area contributed by atoms with Gasteiger partial charge >= 0.3 is 5.97 Å². The normalized spacial score (nSPS) is 15.8. The Morgan fingerprint density at radius 2 is 1.83 bits per heavy atom. The summed E-state index contributed by atoms with van der Waals surface area (Å²) in [5.74, 6) is 0.231. The lowest BCUT2D eigenvalue weighted by Crippen LogP contribution is -2.29. The molecule has 1 aromatic heterocycles. The van der Waals surface area contributed by atoms with E-state index in [0.29, 0.717) is 39.7 Å². The third kappa shape index (κ3) is 5.37. The van der Waals surface area contributed by atoms with Crippen molar-refractivity contribution in [1.82, 2.24) is 4.98 Å². The van der Waals surface area contributed by atoms with Crippen molar-refractivity contribution in [1.29, 1.82) is 0 Å². The summed E-state index contributed by atoms with van der Waals surface area (Å²) in [5, 5.41) is 24.9. The number of carboxylic acids is 1. The molecule has 9 heteroatoms. The highest BCUT2D eigenvalue weighted by molar-refractivity contribution is 7.18. The molecule has 0 radical (unpaired) electrons. The van der Waals surface area contributed by atoms with Gasteiger partial charge in [-0.3, -0.25) is 0 Å². The van der Waals surface area contributed by atoms with E-state index in [2.05, 4.69) is 10.3 Å². The summed E-state index contributed by atoms with van der Waals surface area (Å²) in [7, 11) is 4.93. The molecule has 35 heavy (non-hydrogen) atoms. The molecule has 0 bridgehead atoms. The molecule has 2 atom stereocenters. The second-order valence-corrected chi connectivity index (χ2v) is 9.93. The summed E-state index contributed by atoms with van der Waals surface area (Å²) in [6, 6.07) is 7.10. The van der Waals surface area contributed by atoms with E-state index in [1.807, 2.05) is 25.1 Å². The molecule has 0 unspecified atom stereocenters. The number of anilines is 1. The number of hydrogen-bond acceptors (Lipinski definition) is 8. The van der Waals surface area contributed by atoms with Crippen molar-refractivity contribution in [2.24, 2.45) is 0 Å². The van der Waals surface area contributed by atoms with Crippen LogP contribution in [-0.4, -0.2) is 54.6 Å². The fourth-order valence-electron chi connectivity index (χ4n) is 4.64. The van der Waals surface area contributed by atoms with E-state index in [0.717, 1.165) is 35.9 Å². The van der Waals surface area contributed by atoms with Gasteiger partial charge in [-0.15, -0.1) is 11.3 Å². The molecule has 0 aliphatic heterocycles. The van der Waals surface area contributed by atoms with Crippen LogP contribution >= 0.6 is 11.3 Å². The first-order valence-electron chi connectivity index (χ1n) is 11.7. The van der Waals surface area contributed by atoms with Crippen LogP contribution in [0.3, 0.4) is 0 Å². The average Bonchev–Trinajstić information content (AvgIpc) is 3.51. The number of aliphatic hydroxyl groups excluding tert-OH is 1. The van der Waals surface area contributed by atoms with E-state index in [4.69, 9.17) is 14.2 Å². The van der Waals surface area contributed by atoms with E-state index in [1.54, 1.807) is 27.3 Å². The van der Waals surface area contributed by atoms with Crippen molar-refractivity contribution in [3.63, 3.8) is 0 Å². The van der Waals surface area contributed by atoms with Crippen LogP contribution in [0, 0.1) is 6.92 Å². The van der Waals surface area contributed by atoms with Crippen molar-refractivity contribution in [2.45, 2.75) is 57.3 Å². The fourth-order valence-corrected chi connectivity index (χ4v) is 5.72. The number of methoxy groups -OCH3 is 2. The van der Waals surface area contributed by atoms with Crippen LogP contribution in [0.1, 0.15) is 58.3 Å². The summed E-state index contributed by atoms with van der Waals surface area (Å²) in [6.45, 7) is 1.90. The molecule has 188 valence electrons. The largest absolute Gasteiger partial charge is 0.496 e. The molecule has 0 saturated heterocycles. The Balaban J connectivity index is 1.70. The van der Waals surface area contributed by atoms with Crippen molar-refractivity contribution in [3.8, 4) is 11.5 Å². The van der Waals surface area contributed by atoms with Gasteiger partial charge in [-0.1, -0.05) is 12.8 Å². The minimum atomic E-state index is -1.03. The van der Waals surface area contributed by atoms with E-state index >= 15 is 0 Å². The molecule has 8 nitrogen and oxygen atoms in total. The number of ether oxygens (including phenoxy) is 3. The van der Waals surface area contributed by atoms with Gasteiger partial charge in [0.1, 0.15) is 17.6 Å². The Labute approximate surface area is 208 Å². The summed E-state index contributed by atoms with van der Waals surface area (Å²) >= 11 is 1.42. The second kappa shape index (κ2) is 10.8. The zero-order valence-electron chi connectivity index (χ0n) is 20.5. The quantitative estimate of drug-likeness (QED) is 0.358. The predicted molar refractivity (Wildman–Crippen MR) is 136 cm³/mol. The summed E-state index contributed by atoms with van der Waals surface area (Å²) in [5.41, 5.74) is 2.80. The van der Waals surface area contributed by atoms with Gasteiger partial charge in [0.15, 0.2) is 0 Å². The highest BCUT2D eigenvalue weighted by Crippen LogP contribution is 2.37. The minimum absolute atomic E-state index is 0.0729. The lowest BCUT2D eigenvalue weighted by Gasteiger charge is -2.27. The second-order valence-electron chi connectivity index (χ2n) is 8.81. The number of benzene rings is 2. The molecule has 0 amide bonds. The van der Waals surface area contributed by atoms with Gasteiger partial charge < -0.3 is 29.7 Å². The van der Waals surface area contributed by atoms with Crippen LogP contribution in [0.4, 0.5) is 5.69 Å². The third-order valence-electron chi connectivity index (χ3n) is 6.57. The van der Waals surface area contributed by atoms with Crippen LogP contribution in [0.15, 0.2) is 24.3 Å². The molecule has 1 saturated carbocycles. The Morgan fingerprint density at radius 1 is 1.17 bits per heavy atom. The monoisotopic (exact) mass is 500 g/mol. The van der Waals surface area contributed by atoms with Crippen molar-refractivity contribution in [3.05, 3.63) is 46.0 Å². The Hall–Kier alpha value is -2.88. The lowest BCUT2D eigenvalue weighted by atomic mass is 9.99. The van der Waals surface area contributed by atoms with Gasteiger partial charge in [-0.05, 0) is 49.6 Å². The van der Waals surface area contributed by atoms with E-state index < -0.39 is 18.2 Å². The molecular weight excluding hydrogens is 468 g/mol. The maximum Gasteiger partial charge on any atom is 0.338 e. The Morgan fingerprint density at radius 3 is 2.40 bits per heavy atom. The standard InChI is InChI=1S/C26H32N2O6S/c1-14-19(32-3)9-15(10-20(14)33-4)25(29)21(34-17-7-5-6-8-17)13-23-28-24-18(26(30)31)11-16(27-2)12-22(24)35-23/h9-12,17,21,25,27,29H,5-8,13H2,1-4H3,(H,30,31)/t21-,25+/m0/s1. The van der Waals surface area contributed by atoms with E-state index in [9.17, 15) is 15.0 Å². The number of rotatable bonds is 10. The van der Waals surface area contributed by atoms with Gasteiger partial charge in [-0.25, -0.2) is 9.78 Å². The summed E-state index contributed by atoms with van der Waals surface area (Å²) < 4.78 is 18.2. The molecule has 2 aromatic carbocycles. The highest BCUT2D eigenvalue weighted by Gasteiger charge is 2.30. The van der Waals surface area contributed by atoms with E-state index in [1.165, 1.54) is 11.3 Å². The van der Waals surface area contributed by atoms with Crippen LogP contribution in [0.5, 0.6) is 11.5 Å². The number of aliphatic hydroxyl groups is 1. The van der Waals surface area contributed by atoms with Crippen LogP contribution in [-0.2, 0) is 11.2 Å². The number of carbonyl (C=O) groups is 1. The van der Waals surface area contributed by atoms with Gasteiger partial charge in [0.05, 0.1) is 47.2 Å². The number of thiazole rings is 1. The molecule has 1 aliphatic carbocycles. The maximum absolute atomic E-state index is 11.8. The van der Waals surface area contributed by atoms with E-state index in [-0.39, 0.29) is 11.7 Å². The summed E-state index contributed by atoms with van der Waals surface area (Å²) in [4.78, 5) is 16.5. The first kappa shape index (κ1) is 25.2. The number of nitrogens with zero attached hydrogens (tertiary/aromatic N) is 1. The molecule has 4 rings (SSSR count). The zero-order valence-corrected chi connectivity index (χ0v) is 21.3. The highest BCUT2D eigenvalue weighted by atomic mass is 32.1. The number of fused-ring (bicyclic) bond motifs is 1. The Kier molecular flexibility index (Phi) is 7.78. The Bertz CT molecular complexity index is 1180. The van der Waals surface area contributed by atoms with Crippen LogP contribution < -0.4 is 14.8 Å². The SMILES string of the molecule is CNc1cc(C(=O)O)c2nc(C[C@H](OC3CCCC3)[C@H](O)c3cc(OC)c(C)c(OC)c3)sc2c1. The average molecular weight is 501 g/mol. The van der Waals surface area contributed by atoms with Crippen molar-refractivity contribution >= 4 is 33.2 Å². The zero-order chi connectivity index (χ0) is 25.1. The van der Waals surface area contributed by atoms with Crippen LogP contribution in [0.2, 0.25) is 0 Å². The first-order valence-corrected chi connectivity index (χ1v) is 12.6. The van der Waals surface area contributed by atoms with Crippen molar-refractivity contribution in [2.75, 3.05) is 26.6 Å². The van der Waals surface area contributed by atoms with Gasteiger partial charge in [0.2, 0.25) is 0 Å². The number of nitrogens with one attached hydrogen (secondary N) is 1. The number of aromatic carboxylic acids is 1. The minimum Gasteiger partial charge on any atom is -0.496 e. The molecule has 3 N–H and O–H groups in total. The summed E-state index contributed by atoms with van der Waals surface area (Å²) in [6.07, 6.45) is 3.04. The lowest BCUT2D eigenvalue weighted by molar-refractivity contribution is -0.0753. The van der Waals surface area contributed by atoms with Crippen LogP contribution in [0.25, 0.3) is 10.2 Å². The number of carboxylic acid groups (broad SMARTS) is 1. The smallest absolute Gasteiger partial charge is 0.338 e. The topological polar surface area (TPSA) is 110 Å². The first-order chi connectivity index (χ1) is 16.8. The number of hydrogen-bond donors (Lipinski definition) is 3. The molecule has 1 aliphatic rings. The van der Waals surface area contributed by atoms with Crippen molar-refractivity contribution < 1.29 is 29.2 Å².